The van der Waals surface area contributed by atoms with E-state index in [9.17, 15) is 4.79 Å². The number of carbonyl (C=O) groups excluding carboxylic acids is 1. The summed E-state index contributed by atoms with van der Waals surface area (Å²) >= 11 is 0. The summed E-state index contributed by atoms with van der Waals surface area (Å²) in [5.41, 5.74) is 1.32. The van der Waals surface area contributed by atoms with Crippen molar-refractivity contribution in [3.8, 4) is 0 Å². The fourth-order valence-electron chi connectivity index (χ4n) is 2.24. The third kappa shape index (κ3) is 4.94. The molecule has 1 atom stereocenters. The van der Waals surface area contributed by atoms with Crippen molar-refractivity contribution >= 4 is 5.97 Å². The maximum Gasteiger partial charge on any atom is 0.324 e. The number of rotatable bonds is 8. The monoisotopic (exact) mass is 276 g/mol. The third-order valence-electron chi connectivity index (χ3n) is 3.62. The van der Waals surface area contributed by atoms with Gasteiger partial charge in [0, 0.05) is 19.1 Å². The molecule has 1 aliphatic carbocycles. The smallest absolute Gasteiger partial charge is 0.324 e. The Bertz CT molecular complexity index is 418. The first-order valence-electron chi connectivity index (χ1n) is 7.25. The molecule has 2 rings (SSSR count). The van der Waals surface area contributed by atoms with Crippen LogP contribution in [-0.2, 0) is 16.0 Å². The molecule has 1 aromatic carbocycles. The Morgan fingerprint density at radius 2 is 2.10 bits per heavy atom. The molecule has 1 aliphatic rings. The average molecular weight is 276 g/mol. The van der Waals surface area contributed by atoms with Gasteiger partial charge >= 0.3 is 5.97 Å². The van der Waals surface area contributed by atoms with E-state index in [0.717, 1.165) is 13.0 Å². The summed E-state index contributed by atoms with van der Waals surface area (Å²) in [6, 6.07) is 10.7. The van der Waals surface area contributed by atoms with Gasteiger partial charge in [-0.3, -0.25) is 4.79 Å². The first kappa shape index (κ1) is 15.0. The molecule has 4 nitrogen and oxygen atoms in total. The third-order valence-corrected chi connectivity index (χ3v) is 3.62. The van der Waals surface area contributed by atoms with Crippen LogP contribution in [-0.4, -0.2) is 50.2 Å². The number of methoxy groups -OCH3 is 1. The van der Waals surface area contributed by atoms with E-state index in [-0.39, 0.29) is 12.0 Å². The number of likely N-dealkylation sites (N-methyl/N-ethyl adjacent to an activating group) is 1. The Hall–Kier alpha value is -1.39. The minimum atomic E-state index is -0.215. The van der Waals surface area contributed by atoms with Crippen molar-refractivity contribution < 1.29 is 9.53 Å². The molecule has 20 heavy (non-hydrogen) atoms. The molecule has 0 amide bonds. The predicted octanol–water partition coefficient (Wildman–Crippen LogP) is 1.45. The Morgan fingerprint density at radius 3 is 2.70 bits per heavy atom. The molecular weight excluding hydrogens is 252 g/mol. The summed E-state index contributed by atoms with van der Waals surface area (Å²) < 4.78 is 4.88. The highest BCUT2D eigenvalue weighted by molar-refractivity contribution is 5.76. The highest BCUT2D eigenvalue weighted by Gasteiger charge is 2.29. The molecule has 110 valence electrons. The van der Waals surface area contributed by atoms with Crippen molar-refractivity contribution in [1.82, 2.24) is 10.2 Å². The van der Waals surface area contributed by atoms with Crippen molar-refractivity contribution in [2.24, 2.45) is 0 Å². The lowest BCUT2D eigenvalue weighted by atomic mass is 10.1. The van der Waals surface area contributed by atoms with Gasteiger partial charge in [0.25, 0.3) is 0 Å². The van der Waals surface area contributed by atoms with Gasteiger partial charge in [0.05, 0.1) is 7.11 Å². The summed E-state index contributed by atoms with van der Waals surface area (Å²) in [6.07, 6.45) is 3.33. The number of nitrogens with one attached hydrogen (secondary N) is 1. The molecule has 1 unspecified atom stereocenters. The molecule has 0 bridgehead atoms. The molecule has 0 heterocycles. The van der Waals surface area contributed by atoms with Crippen molar-refractivity contribution in [3.05, 3.63) is 35.9 Å². The number of hydrogen-bond acceptors (Lipinski definition) is 4. The van der Waals surface area contributed by atoms with Crippen molar-refractivity contribution in [2.75, 3.05) is 27.2 Å². The van der Waals surface area contributed by atoms with E-state index in [0.29, 0.717) is 12.6 Å². The lowest BCUT2D eigenvalue weighted by Crippen LogP contribution is -2.47. The van der Waals surface area contributed by atoms with Gasteiger partial charge in [-0.15, -0.1) is 0 Å². The number of hydrogen-bond donors (Lipinski definition) is 1. The summed E-state index contributed by atoms with van der Waals surface area (Å²) in [4.78, 5) is 14.0. The van der Waals surface area contributed by atoms with Crippen molar-refractivity contribution in [1.29, 1.82) is 0 Å². The Kier molecular flexibility index (Phi) is 5.56. The zero-order valence-corrected chi connectivity index (χ0v) is 12.3. The average Bonchev–Trinajstić information content (AvgIpc) is 3.28. The topological polar surface area (TPSA) is 41.6 Å². The normalized spacial score (nSPS) is 16.1. The van der Waals surface area contributed by atoms with Crippen molar-refractivity contribution in [2.45, 2.75) is 31.3 Å². The minimum Gasteiger partial charge on any atom is -0.468 e. The fourth-order valence-corrected chi connectivity index (χ4v) is 2.24. The Morgan fingerprint density at radius 1 is 1.40 bits per heavy atom. The number of esters is 1. The van der Waals surface area contributed by atoms with Crippen LogP contribution >= 0.6 is 0 Å². The van der Waals surface area contributed by atoms with Gasteiger partial charge < -0.3 is 15.0 Å². The maximum atomic E-state index is 11.8. The van der Waals surface area contributed by atoms with E-state index < -0.39 is 0 Å². The van der Waals surface area contributed by atoms with Gasteiger partial charge in [-0.05, 0) is 31.9 Å². The first-order valence-corrected chi connectivity index (χ1v) is 7.25. The van der Waals surface area contributed by atoms with E-state index in [2.05, 4.69) is 34.5 Å². The highest BCUT2D eigenvalue weighted by atomic mass is 16.5. The van der Waals surface area contributed by atoms with Gasteiger partial charge in [-0.25, -0.2) is 0 Å². The number of ether oxygens (including phenoxy) is 1. The number of nitrogens with zero attached hydrogens (tertiary/aromatic N) is 1. The second kappa shape index (κ2) is 7.41. The second-order valence-electron chi connectivity index (χ2n) is 5.51. The lowest BCUT2D eigenvalue weighted by molar-refractivity contribution is -0.143. The predicted molar refractivity (Wildman–Crippen MR) is 79.6 cm³/mol. The van der Waals surface area contributed by atoms with Gasteiger partial charge in [-0.1, -0.05) is 30.3 Å². The van der Waals surface area contributed by atoms with Crippen LogP contribution in [0.1, 0.15) is 18.4 Å². The zero-order chi connectivity index (χ0) is 14.4. The number of benzene rings is 1. The standard InChI is InChI=1S/C16H24N2O2/c1-18(11-10-13-6-4-3-5-7-13)12-15(16(19)20-2)17-14-8-9-14/h3-7,14-15,17H,8-12H2,1-2H3. The molecule has 1 saturated carbocycles. The van der Waals surface area contributed by atoms with Gasteiger partial charge in [0.1, 0.15) is 6.04 Å². The summed E-state index contributed by atoms with van der Waals surface area (Å²) in [6.45, 7) is 1.62. The lowest BCUT2D eigenvalue weighted by Gasteiger charge is -2.23. The summed E-state index contributed by atoms with van der Waals surface area (Å²) in [7, 11) is 3.50. The maximum absolute atomic E-state index is 11.8. The van der Waals surface area contributed by atoms with E-state index in [1.807, 2.05) is 13.1 Å². The molecule has 0 spiro atoms. The Labute approximate surface area is 121 Å². The second-order valence-corrected chi connectivity index (χ2v) is 5.51. The van der Waals surface area contributed by atoms with Crippen LogP contribution in [0.25, 0.3) is 0 Å². The van der Waals surface area contributed by atoms with E-state index in [4.69, 9.17) is 4.74 Å². The van der Waals surface area contributed by atoms with E-state index >= 15 is 0 Å². The molecule has 1 fully saturated rings. The Balaban J connectivity index is 1.78. The number of carbonyl (C=O) groups is 1. The van der Waals surface area contributed by atoms with E-state index in [1.165, 1.54) is 25.5 Å². The molecule has 0 aliphatic heterocycles. The van der Waals surface area contributed by atoms with Crippen molar-refractivity contribution in [3.63, 3.8) is 0 Å². The largest absolute Gasteiger partial charge is 0.468 e. The molecule has 1 N–H and O–H groups in total. The van der Waals surface area contributed by atoms with Crippen LogP contribution < -0.4 is 5.32 Å². The van der Waals surface area contributed by atoms with Crippen LogP contribution in [0, 0.1) is 0 Å². The van der Waals surface area contributed by atoms with Crippen LogP contribution in [0.5, 0.6) is 0 Å². The van der Waals surface area contributed by atoms with Gasteiger partial charge in [-0.2, -0.15) is 0 Å². The highest BCUT2D eigenvalue weighted by Crippen LogP contribution is 2.19. The zero-order valence-electron chi connectivity index (χ0n) is 12.3. The molecule has 1 aromatic rings. The molecule has 0 saturated heterocycles. The fraction of sp³-hybridized carbons (Fsp3) is 0.562. The molecule has 0 aromatic heterocycles. The first-order chi connectivity index (χ1) is 9.69. The molecule has 4 heteroatoms. The van der Waals surface area contributed by atoms with Crippen LogP contribution in [0.3, 0.4) is 0 Å². The van der Waals surface area contributed by atoms with Crippen LogP contribution in [0.2, 0.25) is 0 Å². The SMILES string of the molecule is COC(=O)C(CN(C)CCc1ccccc1)NC1CC1. The summed E-state index contributed by atoms with van der Waals surface area (Å²) in [5.74, 6) is -0.163. The van der Waals surface area contributed by atoms with Gasteiger partial charge in [0.15, 0.2) is 0 Å². The van der Waals surface area contributed by atoms with E-state index in [1.54, 1.807) is 0 Å². The minimum absolute atomic E-state index is 0.163. The quantitative estimate of drug-likeness (QED) is 0.730. The van der Waals surface area contributed by atoms with Crippen LogP contribution in [0.4, 0.5) is 0 Å². The van der Waals surface area contributed by atoms with Gasteiger partial charge in [0.2, 0.25) is 0 Å². The molecular formula is C16H24N2O2. The summed E-state index contributed by atoms with van der Waals surface area (Å²) in [5, 5.41) is 3.35. The molecule has 0 radical (unpaired) electrons. The van der Waals surface area contributed by atoms with Crippen LogP contribution in [0.15, 0.2) is 30.3 Å².